The molecule has 0 radical (unpaired) electrons. The Labute approximate surface area is 144 Å². The molecule has 0 aromatic heterocycles. The van der Waals surface area contributed by atoms with Crippen LogP contribution in [-0.2, 0) is 16.0 Å². The van der Waals surface area contributed by atoms with Gasteiger partial charge in [-0.15, -0.1) is 12.4 Å². The van der Waals surface area contributed by atoms with Crippen molar-refractivity contribution in [2.45, 2.75) is 32.2 Å². The number of carbonyl (C=O) groups is 2. The fraction of sp³-hybridized carbons (Fsp3) is 0.529. The topological polar surface area (TPSA) is 61.4 Å². The van der Waals surface area contributed by atoms with Crippen LogP contribution in [0.3, 0.4) is 0 Å². The average Bonchev–Trinajstić information content (AvgIpc) is 3.02. The average molecular weight is 340 g/mol. The van der Waals surface area contributed by atoms with Crippen LogP contribution >= 0.6 is 12.4 Å². The van der Waals surface area contributed by atoms with Gasteiger partial charge in [-0.25, -0.2) is 0 Å². The molecule has 1 aliphatic heterocycles. The molecule has 0 aliphatic carbocycles. The normalized spacial score (nSPS) is 16.7. The van der Waals surface area contributed by atoms with Gasteiger partial charge in [0.05, 0.1) is 6.42 Å². The molecule has 1 heterocycles. The van der Waals surface area contributed by atoms with Crippen molar-refractivity contribution in [3.8, 4) is 0 Å². The summed E-state index contributed by atoms with van der Waals surface area (Å²) < 4.78 is 0. The van der Waals surface area contributed by atoms with E-state index in [-0.39, 0.29) is 30.3 Å². The van der Waals surface area contributed by atoms with Crippen LogP contribution in [0.25, 0.3) is 0 Å². The Hall–Kier alpha value is -1.59. The van der Waals surface area contributed by atoms with E-state index in [0.717, 1.165) is 31.5 Å². The summed E-state index contributed by atoms with van der Waals surface area (Å²) in [6.07, 6.45) is 2.02. The molecule has 0 spiro atoms. The Morgan fingerprint density at radius 3 is 2.65 bits per heavy atom. The lowest BCUT2D eigenvalue weighted by Gasteiger charge is -2.24. The molecule has 1 saturated heterocycles. The van der Waals surface area contributed by atoms with E-state index in [1.54, 1.807) is 4.90 Å². The minimum atomic E-state index is -0.308. The van der Waals surface area contributed by atoms with Gasteiger partial charge in [-0.1, -0.05) is 37.3 Å². The zero-order valence-corrected chi connectivity index (χ0v) is 14.4. The quantitative estimate of drug-likeness (QED) is 0.738. The number of carbonyl (C=O) groups excluding carboxylic acids is 2. The van der Waals surface area contributed by atoms with Crippen LogP contribution in [0.2, 0.25) is 0 Å². The third kappa shape index (κ3) is 5.84. The van der Waals surface area contributed by atoms with E-state index in [4.69, 9.17) is 0 Å². The molecule has 128 valence electrons. The molecule has 1 unspecified atom stereocenters. The number of hydrogen-bond donors (Lipinski definition) is 2. The molecular formula is C17H26ClN3O2. The molecule has 2 amide bonds. The molecule has 1 fully saturated rings. The van der Waals surface area contributed by atoms with E-state index in [2.05, 4.69) is 10.6 Å². The Balaban J connectivity index is 0.00000264. The molecule has 0 bridgehead atoms. The Kier molecular flexibility index (Phi) is 8.66. The zero-order chi connectivity index (χ0) is 15.8. The van der Waals surface area contributed by atoms with Gasteiger partial charge in [0, 0.05) is 19.6 Å². The van der Waals surface area contributed by atoms with E-state index in [1.807, 2.05) is 37.3 Å². The van der Waals surface area contributed by atoms with E-state index in [9.17, 15) is 9.59 Å². The van der Waals surface area contributed by atoms with Crippen molar-refractivity contribution in [3.05, 3.63) is 35.9 Å². The van der Waals surface area contributed by atoms with Crippen LogP contribution in [0.4, 0.5) is 0 Å². The molecule has 1 atom stereocenters. The molecule has 2 N–H and O–H groups in total. The summed E-state index contributed by atoms with van der Waals surface area (Å²) in [6.45, 7) is 4.96. The second-order valence-electron chi connectivity index (χ2n) is 5.55. The maximum atomic E-state index is 12.4. The predicted octanol–water partition coefficient (Wildman–Crippen LogP) is 1.37. The summed E-state index contributed by atoms with van der Waals surface area (Å²) in [7, 11) is 0. The number of nitrogens with one attached hydrogen (secondary N) is 2. The first-order valence-electron chi connectivity index (χ1n) is 8.04. The molecule has 1 aromatic carbocycles. The van der Waals surface area contributed by atoms with Crippen LogP contribution in [0.5, 0.6) is 0 Å². The molecular weight excluding hydrogens is 314 g/mol. The van der Waals surface area contributed by atoms with Crippen molar-refractivity contribution in [1.29, 1.82) is 0 Å². The molecule has 5 nitrogen and oxygen atoms in total. The molecule has 0 saturated carbocycles. The number of likely N-dealkylation sites (N-methyl/N-ethyl adjacent to an activating group) is 1. The highest BCUT2D eigenvalue weighted by atomic mass is 35.5. The Morgan fingerprint density at radius 2 is 1.96 bits per heavy atom. The lowest BCUT2D eigenvalue weighted by molar-refractivity contribution is -0.137. The highest BCUT2D eigenvalue weighted by molar-refractivity contribution is 5.89. The second-order valence-corrected chi connectivity index (χ2v) is 5.55. The van der Waals surface area contributed by atoms with Gasteiger partial charge in [0.1, 0.15) is 6.04 Å². The second kappa shape index (κ2) is 10.2. The number of rotatable bonds is 7. The molecule has 1 aliphatic rings. The standard InChI is InChI=1S/C17H25N3O2.ClH/c1-2-18-10-11-19-17(22)15-9-6-12-20(15)16(21)13-14-7-4-3-5-8-14;/h3-5,7-8,15,18H,2,6,9-13H2,1H3,(H,19,22);1H. The van der Waals surface area contributed by atoms with Crippen LogP contribution in [0, 0.1) is 0 Å². The molecule has 2 rings (SSSR count). The Bertz CT molecular complexity index is 496. The smallest absolute Gasteiger partial charge is 0.242 e. The van der Waals surface area contributed by atoms with Gasteiger partial charge in [0.15, 0.2) is 0 Å². The summed E-state index contributed by atoms with van der Waals surface area (Å²) >= 11 is 0. The zero-order valence-electron chi connectivity index (χ0n) is 13.6. The van der Waals surface area contributed by atoms with Gasteiger partial charge in [-0.05, 0) is 24.9 Å². The largest absolute Gasteiger partial charge is 0.353 e. The lowest BCUT2D eigenvalue weighted by atomic mass is 10.1. The number of likely N-dealkylation sites (tertiary alicyclic amines) is 1. The highest BCUT2D eigenvalue weighted by Crippen LogP contribution is 2.18. The maximum Gasteiger partial charge on any atom is 0.242 e. The first-order valence-corrected chi connectivity index (χ1v) is 8.04. The fourth-order valence-electron chi connectivity index (χ4n) is 2.78. The number of hydrogen-bond acceptors (Lipinski definition) is 3. The number of halogens is 1. The summed E-state index contributed by atoms with van der Waals surface area (Å²) in [6, 6.07) is 9.37. The first-order chi connectivity index (χ1) is 10.7. The third-order valence-electron chi connectivity index (χ3n) is 3.92. The van der Waals surface area contributed by atoms with Crippen molar-refractivity contribution < 1.29 is 9.59 Å². The molecule has 23 heavy (non-hydrogen) atoms. The van der Waals surface area contributed by atoms with E-state index >= 15 is 0 Å². The molecule has 1 aromatic rings. The van der Waals surface area contributed by atoms with Crippen LogP contribution in [-0.4, -0.2) is 48.9 Å². The van der Waals surface area contributed by atoms with Gasteiger partial charge in [-0.2, -0.15) is 0 Å². The van der Waals surface area contributed by atoms with Gasteiger partial charge >= 0.3 is 0 Å². The fourth-order valence-corrected chi connectivity index (χ4v) is 2.78. The van der Waals surface area contributed by atoms with Crippen molar-refractivity contribution in [2.24, 2.45) is 0 Å². The van der Waals surface area contributed by atoms with E-state index < -0.39 is 0 Å². The van der Waals surface area contributed by atoms with Gasteiger partial charge in [0.25, 0.3) is 0 Å². The Morgan fingerprint density at radius 1 is 1.22 bits per heavy atom. The summed E-state index contributed by atoms with van der Waals surface area (Å²) in [4.78, 5) is 26.4. The van der Waals surface area contributed by atoms with Crippen LogP contribution in [0.1, 0.15) is 25.3 Å². The first kappa shape index (κ1) is 19.5. The minimum Gasteiger partial charge on any atom is -0.353 e. The van der Waals surface area contributed by atoms with Gasteiger partial charge in [0.2, 0.25) is 11.8 Å². The van der Waals surface area contributed by atoms with Crippen LogP contribution in [0.15, 0.2) is 30.3 Å². The van der Waals surface area contributed by atoms with Crippen molar-refractivity contribution in [2.75, 3.05) is 26.2 Å². The number of benzene rings is 1. The summed E-state index contributed by atoms with van der Waals surface area (Å²) in [5.74, 6) is 0.00680. The summed E-state index contributed by atoms with van der Waals surface area (Å²) in [5.41, 5.74) is 0.991. The van der Waals surface area contributed by atoms with E-state index in [0.29, 0.717) is 19.5 Å². The number of nitrogens with zero attached hydrogens (tertiary/aromatic N) is 1. The predicted molar refractivity (Wildman–Crippen MR) is 93.7 cm³/mol. The van der Waals surface area contributed by atoms with Crippen molar-refractivity contribution in [1.82, 2.24) is 15.5 Å². The van der Waals surface area contributed by atoms with E-state index in [1.165, 1.54) is 0 Å². The highest BCUT2D eigenvalue weighted by Gasteiger charge is 2.33. The van der Waals surface area contributed by atoms with Gasteiger partial charge in [-0.3, -0.25) is 9.59 Å². The SMILES string of the molecule is CCNCCNC(=O)C1CCCN1C(=O)Cc1ccccc1.Cl. The summed E-state index contributed by atoms with van der Waals surface area (Å²) in [5, 5.41) is 6.08. The van der Waals surface area contributed by atoms with Crippen molar-refractivity contribution >= 4 is 24.2 Å². The van der Waals surface area contributed by atoms with Gasteiger partial charge < -0.3 is 15.5 Å². The monoisotopic (exact) mass is 339 g/mol. The lowest BCUT2D eigenvalue weighted by Crippen LogP contribution is -2.47. The maximum absolute atomic E-state index is 12.4. The van der Waals surface area contributed by atoms with Crippen molar-refractivity contribution in [3.63, 3.8) is 0 Å². The number of amides is 2. The third-order valence-corrected chi connectivity index (χ3v) is 3.92. The van der Waals surface area contributed by atoms with Crippen LogP contribution < -0.4 is 10.6 Å². The minimum absolute atomic E-state index is 0. The molecule has 6 heteroatoms.